The van der Waals surface area contributed by atoms with Gasteiger partial charge in [0.2, 0.25) is 0 Å². The lowest BCUT2D eigenvalue weighted by atomic mass is 10.2. The van der Waals surface area contributed by atoms with Crippen LogP contribution < -0.4 is 0 Å². The fourth-order valence-corrected chi connectivity index (χ4v) is 3.56. The Hall–Kier alpha value is -0.330. The number of aromatic nitrogens is 2. The van der Waals surface area contributed by atoms with E-state index < -0.39 is 0 Å². The average molecular weight is 390 g/mol. The number of likely N-dealkylation sites (tertiary alicyclic amines) is 1. The van der Waals surface area contributed by atoms with Crippen molar-refractivity contribution in [3.8, 4) is 0 Å². The third-order valence-electron chi connectivity index (χ3n) is 3.77. The summed E-state index contributed by atoms with van der Waals surface area (Å²) in [6.07, 6.45) is 2.04. The molecule has 3 nitrogen and oxygen atoms in total. The van der Waals surface area contributed by atoms with Crippen molar-refractivity contribution in [2.24, 2.45) is 0 Å². The number of nitrogens with zero attached hydrogens (tertiary/aromatic N) is 3. The smallest absolute Gasteiger partial charge is 0.111 e. The van der Waals surface area contributed by atoms with Crippen LogP contribution in [-0.2, 0) is 6.42 Å². The Balaban J connectivity index is 2.11. The topological polar surface area (TPSA) is 21.1 Å². The Morgan fingerprint density at radius 1 is 1.47 bits per heavy atom. The number of imidazole rings is 1. The van der Waals surface area contributed by atoms with Gasteiger partial charge in [-0.3, -0.25) is 0 Å². The van der Waals surface area contributed by atoms with E-state index in [9.17, 15) is 0 Å². The predicted molar refractivity (Wildman–Crippen MR) is 88.0 cm³/mol. The summed E-state index contributed by atoms with van der Waals surface area (Å²) in [6, 6.07) is 7.04. The number of alkyl halides is 1. The van der Waals surface area contributed by atoms with Gasteiger partial charge >= 0.3 is 0 Å². The average Bonchev–Trinajstić information content (AvgIpc) is 2.92. The van der Waals surface area contributed by atoms with Crippen LogP contribution in [0.3, 0.4) is 0 Å². The van der Waals surface area contributed by atoms with Crippen LogP contribution in [0.25, 0.3) is 11.0 Å². The van der Waals surface area contributed by atoms with Crippen LogP contribution >= 0.6 is 34.2 Å². The maximum Gasteiger partial charge on any atom is 0.111 e. The second-order valence-corrected chi connectivity index (χ2v) is 6.80. The zero-order valence-electron chi connectivity index (χ0n) is 10.9. The molecule has 1 saturated heterocycles. The molecule has 1 unspecified atom stereocenters. The minimum absolute atomic E-state index is 0.535. The van der Waals surface area contributed by atoms with E-state index in [4.69, 9.17) is 16.6 Å². The molecule has 0 spiro atoms. The first-order valence-corrected chi connectivity index (χ1v) is 8.21. The minimum atomic E-state index is 0.535. The van der Waals surface area contributed by atoms with Crippen molar-refractivity contribution >= 4 is 45.2 Å². The van der Waals surface area contributed by atoms with Crippen LogP contribution in [0.2, 0.25) is 0 Å². The summed E-state index contributed by atoms with van der Waals surface area (Å²) in [5, 5.41) is 0. The Labute approximate surface area is 132 Å². The summed E-state index contributed by atoms with van der Waals surface area (Å²) in [4.78, 5) is 7.17. The monoisotopic (exact) mass is 389 g/mol. The SMILES string of the molecule is CN1CCC(n2c(CCCl)nc3cc(I)ccc32)C1. The van der Waals surface area contributed by atoms with Gasteiger partial charge in [0.05, 0.1) is 11.0 Å². The second-order valence-electron chi connectivity index (χ2n) is 5.17. The molecule has 1 aromatic heterocycles. The first kappa shape index (κ1) is 13.6. The van der Waals surface area contributed by atoms with Crippen LogP contribution in [0.1, 0.15) is 18.3 Å². The van der Waals surface area contributed by atoms with E-state index in [0.29, 0.717) is 11.9 Å². The lowest BCUT2D eigenvalue weighted by Gasteiger charge is -2.16. The largest absolute Gasteiger partial charge is 0.323 e. The summed E-state index contributed by atoms with van der Waals surface area (Å²) < 4.78 is 3.65. The van der Waals surface area contributed by atoms with E-state index in [2.05, 4.69) is 57.3 Å². The van der Waals surface area contributed by atoms with Crippen LogP contribution in [0.5, 0.6) is 0 Å². The molecule has 3 rings (SSSR count). The van der Waals surface area contributed by atoms with Crippen molar-refractivity contribution < 1.29 is 0 Å². The highest BCUT2D eigenvalue weighted by molar-refractivity contribution is 14.1. The van der Waals surface area contributed by atoms with Gasteiger partial charge in [-0.2, -0.15) is 0 Å². The zero-order chi connectivity index (χ0) is 13.4. The second kappa shape index (κ2) is 5.58. The highest BCUT2D eigenvalue weighted by Gasteiger charge is 2.25. The highest BCUT2D eigenvalue weighted by atomic mass is 127. The van der Waals surface area contributed by atoms with E-state index in [1.165, 1.54) is 15.5 Å². The zero-order valence-corrected chi connectivity index (χ0v) is 13.9. The predicted octanol–water partition coefficient (Wildman–Crippen LogP) is 3.30. The molecule has 1 fully saturated rings. The van der Waals surface area contributed by atoms with Crippen LogP contribution in [0, 0.1) is 3.57 Å². The van der Waals surface area contributed by atoms with Gasteiger partial charge in [0, 0.05) is 28.5 Å². The number of aryl methyl sites for hydroxylation is 1. The Morgan fingerprint density at radius 2 is 2.32 bits per heavy atom. The van der Waals surface area contributed by atoms with Crippen molar-refractivity contribution in [3.05, 3.63) is 27.6 Å². The molecule has 102 valence electrons. The minimum Gasteiger partial charge on any atom is -0.323 e. The van der Waals surface area contributed by atoms with Gasteiger partial charge in [0.25, 0.3) is 0 Å². The molecule has 19 heavy (non-hydrogen) atoms. The molecule has 0 bridgehead atoms. The quantitative estimate of drug-likeness (QED) is 0.593. The van der Waals surface area contributed by atoms with Crippen molar-refractivity contribution in [2.45, 2.75) is 18.9 Å². The van der Waals surface area contributed by atoms with Gasteiger partial charge in [-0.15, -0.1) is 11.6 Å². The lowest BCUT2D eigenvalue weighted by molar-refractivity contribution is 0.392. The first-order valence-electron chi connectivity index (χ1n) is 6.60. The van der Waals surface area contributed by atoms with Gasteiger partial charge < -0.3 is 9.47 Å². The van der Waals surface area contributed by atoms with Crippen molar-refractivity contribution in [3.63, 3.8) is 0 Å². The number of hydrogen-bond acceptors (Lipinski definition) is 2. The van der Waals surface area contributed by atoms with E-state index in [1.54, 1.807) is 0 Å². The summed E-state index contributed by atoms with van der Waals surface area (Å²) in [5.41, 5.74) is 2.35. The molecule has 0 saturated carbocycles. The van der Waals surface area contributed by atoms with Gasteiger partial charge in [0.1, 0.15) is 5.82 Å². The molecule has 1 aliphatic heterocycles. The summed E-state index contributed by atoms with van der Waals surface area (Å²) in [7, 11) is 2.18. The standard InChI is InChI=1S/C14H17ClIN3/c1-18-7-5-11(9-18)19-13-3-2-10(16)8-12(13)17-14(19)4-6-15/h2-3,8,11H,4-7,9H2,1H3. The van der Waals surface area contributed by atoms with E-state index in [-0.39, 0.29) is 0 Å². The fraction of sp³-hybridized carbons (Fsp3) is 0.500. The van der Waals surface area contributed by atoms with Crippen LogP contribution in [0.15, 0.2) is 18.2 Å². The number of fused-ring (bicyclic) bond motifs is 1. The van der Waals surface area contributed by atoms with Crippen molar-refractivity contribution in [2.75, 3.05) is 26.0 Å². The summed E-state index contributed by atoms with van der Waals surface area (Å²) in [5.74, 6) is 1.76. The molecule has 2 heterocycles. The van der Waals surface area contributed by atoms with E-state index >= 15 is 0 Å². The number of benzene rings is 1. The number of likely N-dealkylation sites (N-methyl/N-ethyl adjacent to an activating group) is 1. The maximum absolute atomic E-state index is 5.94. The Morgan fingerprint density at radius 3 is 3.00 bits per heavy atom. The van der Waals surface area contributed by atoms with Crippen molar-refractivity contribution in [1.29, 1.82) is 0 Å². The Kier molecular flexibility index (Phi) is 4.01. The molecule has 0 N–H and O–H groups in total. The summed E-state index contributed by atoms with van der Waals surface area (Å²) >= 11 is 8.28. The van der Waals surface area contributed by atoms with E-state index in [0.717, 1.165) is 30.9 Å². The van der Waals surface area contributed by atoms with Crippen LogP contribution in [-0.4, -0.2) is 40.5 Å². The maximum atomic E-state index is 5.94. The molecule has 1 aliphatic rings. The number of rotatable bonds is 3. The Bertz CT molecular complexity index is 596. The summed E-state index contributed by atoms with van der Waals surface area (Å²) in [6.45, 7) is 2.27. The molecule has 0 aliphatic carbocycles. The fourth-order valence-electron chi connectivity index (χ4n) is 2.91. The van der Waals surface area contributed by atoms with Gasteiger partial charge in [0.15, 0.2) is 0 Å². The molecule has 2 aromatic rings. The third kappa shape index (κ3) is 2.62. The molecular formula is C14H17ClIN3. The number of hydrogen-bond donors (Lipinski definition) is 0. The van der Waals surface area contributed by atoms with E-state index in [1.807, 2.05) is 0 Å². The van der Waals surface area contributed by atoms with Crippen molar-refractivity contribution in [1.82, 2.24) is 14.5 Å². The third-order valence-corrected chi connectivity index (χ3v) is 4.63. The molecule has 0 radical (unpaired) electrons. The lowest BCUT2D eigenvalue weighted by Crippen LogP contribution is -2.18. The molecule has 0 amide bonds. The highest BCUT2D eigenvalue weighted by Crippen LogP contribution is 2.28. The van der Waals surface area contributed by atoms with Gasteiger partial charge in [-0.05, 0) is 60.8 Å². The van der Waals surface area contributed by atoms with Gasteiger partial charge in [-0.25, -0.2) is 4.98 Å². The first-order chi connectivity index (χ1) is 9.19. The normalized spacial score (nSPS) is 20.5. The van der Waals surface area contributed by atoms with Gasteiger partial charge in [-0.1, -0.05) is 0 Å². The molecule has 1 aromatic carbocycles. The molecule has 1 atom stereocenters. The molecular weight excluding hydrogens is 373 g/mol. The number of halogens is 2. The van der Waals surface area contributed by atoms with Crippen LogP contribution in [0.4, 0.5) is 0 Å². The molecule has 5 heteroatoms.